The van der Waals surface area contributed by atoms with Crippen molar-refractivity contribution in [3.05, 3.63) is 34.2 Å². The van der Waals surface area contributed by atoms with Gasteiger partial charge in [0.25, 0.3) is 5.91 Å². The zero-order valence-electron chi connectivity index (χ0n) is 12.9. The van der Waals surface area contributed by atoms with Crippen molar-refractivity contribution in [1.29, 1.82) is 0 Å². The van der Waals surface area contributed by atoms with E-state index in [4.69, 9.17) is 5.73 Å². The largest absolute Gasteiger partial charge is 0.369 e. The molecule has 4 aliphatic carbocycles. The first-order valence-electron chi connectivity index (χ1n) is 8.26. The fourth-order valence-corrected chi connectivity index (χ4v) is 5.35. The Morgan fingerprint density at radius 2 is 1.87 bits per heavy atom. The second kappa shape index (κ2) is 4.94. The third-order valence-electron chi connectivity index (χ3n) is 6.14. The van der Waals surface area contributed by atoms with Gasteiger partial charge in [-0.15, -0.1) is 0 Å². The second-order valence-corrected chi connectivity index (χ2v) is 7.56. The van der Waals surface area contributed by atoms with Crippen molar-refractivity contribution in [2.75, 3.05) is 0 Å². The van der Waals surface area contributed by atoms with Crippen LogP contribution in [0.5, 0.6) is 0 Å². The molecule has 4 fully saturated rings. The molecule has 4 bridgehead atoms. The molecule has 6 nitrogen and oxygen atoms in total. The van der Waals surface area contributed by atoms with E-state index in [0.717, 1.165) is 32.1 Å². The summed E-state index contributed by atoms with van der Waals surface area (Å²) >= 11 is 0. The molecule has 4 aliphatic rings. The molecule has 0 saturated heterocycles. The summed E-state index contributed by atoms with van der Waals surface area (Å²) in [6.07, 6.45) is 6.11. The maximum atomic E-state index is 12.4. The summed E-state index contributed by atoms with van der Waals surface area (Å²) in [6.45, 7) is 0. The number of aromatic nitrogens is 1. The third kappa shape index (κ3) is 2.28. The number of nitrogens with two attached hydrogens (primary N) is 1. The Morgan fingerprint density at radius 3 is 2.43 bits per heavy atom. The first-order chi connectivity index (χ1) is 11.0. The summed E-state index contributed by atoms with van der Waals surface area (Å²) in [6, 6.07) is 3.00. The van der Waals surface area contributed by atoms with Gasteiger partial charge in [0.05, 0.1) is 5.56 Å². The van der Waals surface area contributed by atoms with Crippen molar-refractivity contribution >= 4 is 11.8 Å². The van der Waals surface area contributed by atoms with Crippen molar-refractivity contribution in [2.45, 2.75) is 38.1 Å². The van der Waals surface area contributed by atoms with E-state index in [2.05, 4.69) is 10.3 Å². The number of hydrogen-bond acceptors (Lipinski definition) is 3. The van der Waals surface area contributed by atoms with Crippen molar-refractivity contribution in [2.24, 2.45) is 28.9 Å². The van der Waals surface area contributed by atoms with Gasteiger partial charge >= 0.3 is 0 Å². The number of aromatic amines is 1. The Labute approximate surface area is 133 Å². The number of rotatable bonds is 3. The van der Waals surface area contributed by atoms with Crippen LogP contribution in [0, 0.1) is 23.2 Å². The van der Waals surface area contributed by atoms with E-state index in [9.17, 15) is 14.4 Å². The number of carbonyl (C=O) groups is 2. The van der Waals surface area contributed by atoms with Gasteiger partial charge in [-0.3, -0.25) is 14.4 Å². The lowest BCUT2D eigenvalue weighted by molar-refractivity contribution is -0.145. The highest BCUT2D eigenvalue weighted by molar-refractivity contribution is 5.94. The minimum atomic E-state index is -0.338. The first kappa shape index (κ1) is 14.5. The standard InChI is InChI=1S/C17H21N3O3/c18-16(23)17-5-9-3-11(6-17)14(12(4-9)7-17)20-15(22)10-1-2-13(21)19-8-10/h1-2,8-9,11-12,14H,3-7H2,(H2,18,23)(H,19,21)(H,20,22). The molecular weight excluding hydrogens is 294 g/mol. The van der Waals surface area contributed by atoms with Gasteiger partial charge in [-0.05, 0) is 55.9 Å². The number of nitrogens with one attached hydrogen (secondary N) is 2. The summed E-state index contributed by atoms with van der Waals surface area (Å²) in [5.41, 5.74) is 5.58. The molecule has 2 atom stereocenters. The van der Waals surface area contributed by atoms with Crippen LogP contribution in [0.2, 0.25) is 0 Å². The third-order valence-corrected chi connectivity index (χ3v) is 6.14. The number of pyridine rings is 1. The van der Waals surface area contributed by atoms with Crippen molar-refractivity contribution < 1.29 is 9.59 Å². The van der Waals surface area contributed by atoms with Crippen molar-refractivity contribution in [3.63, 3.8) is 0 Å². The molecule has 1 aromatic heterocycles. The van der Waals surface area contributed by atoms with E-state index in [1.807, 2.05) is 0 Å². The number of hydrogen-bond donors (Lipinski definition) is 3. The fourth-order valence-electron chi connectivity index (χ4n) is 5.35. The van der Waals surface area contributed by atoms with Crippen LogP contribution in [0.15, 0.2) is 23.1 Å². The van der Waals surface area contributed by atoms with Crippen LogP contribution in [-0.2, 0) is 4.79 Å². The first-order valence-corrected chi connectivity index (χ1v) is 8.26. The van der Waals surface area contributed by atoms with E-state index in [1.165, 1.54) is 18.3 Å². The van der Waals surface area contributed by atoms with Crippen LogP contribution in [0.3, 0.4) is 0 Å². The van der Waals surface area contributed by atoms with E-state index in [-0.39, 0.29) is 28.8 Å². The molecule has 0 aromatic carbocycles. The van der Waals surface area contributed by atoms with Gasteiger partial charge in [0, 0.05) is 23.7 Å². The molecule has 1 heterocycles. The SMILES string of the molecule is NC(=O)C12CC3CC(C1)C(NC(=O)c1ccc(=O)[nH]c1)C(C3)C2. The van der Waals surface area contributed by atoms with Crippen LogP contribution in [-0.4, -0.2) is 22.8 Å². The van der Waals surface area contributed by atoms with E-state index >= 15 is 0 Å². The smallest absolute Gasteiger partial charge is 0.252 e. The average molecular weight is 315 g/mol. The summed E-state index contributed by atoms with van der Waals surface area (Å²) in [5, 5.41) is 3.14. The zero-order chi connectivity index (χ0) is 16.2. The molecule has 0 radical (unpaired) electrons. The van der Waals surface area contributed by atoms with Crippen LogP contribution >= 0.6 is 0 Å². The molecule has 1 aromatic rings. The number of H-pyrrole nitrogens is 1. The maximum absolute atomic E-state index is 12.4. The predicted octanol–water partition coefficient (Wildman–Crippen LogP) is 0.785. The van der Waals surface area contributed by atoms with E-state index < -0.39 is 0 Å². The summed E-state index contributed by atoms with van der Waals surface area (Å²) in [7, 11) is 0. The lowest BCUT2D eigenvalue weighted by Gasteiger charge is -2.58. The molecule has 5 rings (SSSR count). The summed E-state index contributed by atoms with van der Waals surface area (Å²) in [4.78, 5) is 38.0. The topological polar surface area (TPSA) is 105 Å². The van der Waals surface area contributed by atoms with E-state index in [0.29, 0.717) is 23.3 Å². The lowest BCUT2D eigenvalue weighted by Crippen LogP contribution is -2.62. The normalized spacial score (nSPS) is 37.6. The molecule has 2 amide bonds. The van der Waals surface area contributed by atoms with Gasteiger partial charge in [0.2, 0.25) is 11.5 Å². The zero-order valence-corrected chi connectivity index (χ0v) is 12.9. The van der Waals surface area contributed by atoms with Gasteiger partial charge in [-0.25, -0.2) is 0 Å². The van der Waals surface area contributed by atoms with Gasteiger partial charge in [0.1, 0.15) is 0 Å². The monoisotopic (exact) mass is 315 g/mol. The van der Waals surface area contributed by atoms with Gasteiger partial charge in [-0.2, -0.15) is 0 Å². The molecule has 2 unspecified atom stereocenters. The Balaban J connectivity index is 1.53. The highest BCUT2D eigenvalue weighted by Gasteiger charge is 2.58. The molecule has 23 heavy (non-hydrogen) atoms. The Bertz CT molecular complexity index is 690. The van der Waals surface area contributed by atoms with Crippen LogP contribution in [0.1, 0.15) is 42.5 Å². The number of carbonyl (C=O) groups excluding carboxylic acids is 2. The Morgan fingerprint density at radius 1 is 1.17 bits per heavy atom. The van der Waals surface area contributed by atoms with Crippen LogP contribution in [0.25, 0.3) is 0 Å². The summed E-state index contributed by atoms with van der Waals surface area (Å²) < 4.78 is 0. The lowest BCUT2D eigenvalue weighted by atomic mass is 9.47. The quantitative estimate of drug-likeness (QED) is 0.767. The van der Waals surface area contributed by atoms with Gasteiger partial charge in [0.15, 0.2) is 0 Å². The fraction of sp³-hybridized carbons (Fsp3) is 0.588. The molecule has 6 heteroatoms. The van der Waals surface area contributed by atoms with Crippen molar-refractivity contribution in [1.82, 2.24) is 10.3 Å². The average Bonchev–Trinajstić information content (AvgIpc) is 2.50. The van der Waals surface area contributed by atoms with E-state index in [1.54, 1.807) is 0 Å². The molecule has 0 spiro atoms. The number of primary amides is 1. The highest BCUT2D eigenvalue weighted by atomic mass is 16.2. The second-order valence-electron chi connectivity index (χ2n) is 7.56. The van der Waals surface area contributed by atoms with Gasteiger partial charge < -0.3 is 16.0 Å². The minimum Gasteiger partial charge on any atom is -0.369 e. The Hall–Kier alpha value is -2.11. The predicted molar refractivity (Wildman–Crippen MR) is 83.5 cm³/mol. The molecular formula is C17H21N3O3. The molecule has 122 valence electrons. The highest BCUT2D eigenvalue weighted by Crippen LogP contribution is 2.59. The molecule has 0 aliphatic heterocycles. The number of amides is 2. The van der Waals surface area contributed by atoms with Crippen molar-refractivity contribution in [3.8, 4) is 0 Å². The van der Waals surface area contributed by atoms with Crippen LogP contribution in [0.4, 0.5) is 0 Å². The molecule has 4 N–H and O–H groups in total. The van der Waals surface area contributed by atoms with Crippen LogP contribution < -0.4 is 16.6 Å². The maximum Gasteiger partial charge on any atom is 0.252 e. The van der Waals surface area contributed by atoms with Gasteiger partial charge in [-0.1, -0.05) is 0 Å². The Kier molecular flexibility index (Phi) is 3.11. The molecule has 4 saturated carbocycles. The minimum absolute atomic E-state index is 0.110. The summed E-state index contributed by atoms with van der Waals surface area (Å²) in [5.74, 6) is 0.913.